The van der Waals surface area contributed by atoms with Crippen LogP contribution in [0.15, 0.2) is 18.2 Å². The highest BCUT2D eigenvalue weighted by Crippen LogP contribution is 2.21. The molecule has 2 atom stereocenters. The van der Waals surface area contributed by atoms with Crippen molar-refractivity contribution in [1.29, 1.82) is 0 Å². The van der Waals surface area contributed by atoms with Crippen LogP contribution in [-0.2, 0) is 6.42 Å². The van der Waals surface area contributed by atoms with E-state index in [-0.39, 0.29) is 5.82 Å². The molecule has 0 aliphatic heterocycles. The van der Waals surface area contributed by atoms with Crippen LogP contribution in [0.1, 0.15) is 32.8 Å². The molecule has 1 nitrogen and oxygen atoms in total. The zero-order chi connectivity index (χ0) is 12.8. The van der Waals surface area contributed by atoms with Gasteiger partial charge >= 0.3 is 0 Å². The molecule has 0 aromatic heterocycles. The summed E-state index contributed by atoms with van der Waals surface area (Å²) < 4.78 is 13.2. The minimum Gasteiger partial charge on any atom is -0.314 e. The Morgan fingerprint density at radius 1 is 1.35 bits per heavy atom. The standard InChI is InChI=1S/C14H21ClFN/c1-4-10(3)14(17-5-2)9-11-8-12(16)6-7-13(11)15/h6-8,10,14,17H,4-5,9H2,1-3H3. The Morgan fingerprint density at radius 3 is 2.65 bits per heavy atom. The van der Waals surface area contributed by atoms with E-state index in [9.17, 15) is 4.39 Å². The van der Waals surface area contributed by atoms with Crippen LogP contribution in [-0.4, -0.2) is 12.6 Å². The van der Waals surface area contributed by atoms with Crippen molar-refractivity contribution in [2.45, 2.75) is 39.7 Å². The Kier molecular flexibility index (Phi) is 5.93. The van der Waals surface area contributed by atoms with E-state index in [1.807, 2.05) is 0 Å². The van der Waals surface area contributed by atoms with Gasteiger partial charge in [-0.1, -0.05) is 38.8 Å². The topological polar surface area (TPSA) is 12.0 Å². The summed E-state index contributed by atoms with van der Waals surface area (Å²) in [5.74, 6) is 0.332. The van der Waals surface area contributed by atoms with Gasteiger partial charge in [-0.3, -0.25) is 0 Å². The van der Waals surface area contributed by atoms with E-state index < -0.39 is 0 Å². The molecular weight excluding hydrogens is 237 g/mol. The van der Waals surface area contributed by atoms with Gasteiger partial charge in [0.25, 0.3) is 0 Å². The molecule has 0 bridgehead atoms. The van der Waals surface area contributed by atoms with Crippen LogP contribution in [0.3, 0.4) is 0 Å². The minimum absolute atomic E-state index is 0.219. The van der Waals surface area contributed by atoms with Crippen molar-refractivity contribution in [1.82, 2.24) is 5.32 Å². The van der Waals surface area contributed by atoms with E-state index >= 15 is 0 Å². The fourth-order valence-electron chi connectivity index (χ4n) is 1.96. The van der Waals surface area contributed by atoms with Gasteiger partial charge in [0.05, 0.1) is 0 Å². The highest BCUT2D eigenvalue weighted by atomic mass is 35.5. The van der Waals surface area contributed by atoms with Gasteiger partial charge in [-0.05, 0) is 42.6 Å². The molecule has 0 saturated carbocycles. The molecule has 17 heavy (non-hydrogen) atoms. The van der Waals surface area contributed by atoms with E-state index in [2.05, 4.69) is 26.1 Å². The van der Waals surface area contributed by atoms with Crippen molar-refractivity contribution in [3.63, 3.8) is 0 Å². The maximum Gasteiger partial charge on any atom is 0.123 e. The summed E-state index contributed by atoms with van der Waals surface area (Å²) >= 11 is 6.09. The summed E-state index contributed by atoms with van der Waals surface area (Å²) in [5, 5.41) is 4.10. The fraction of sp³-hybridized carbons (Fsp3) is 0.571. The number of rotatable bonds is 6. The Bertz CT molecular complexity index is 354. The highest BCUT2D eigenvalue weighted by Gasteiger charge is 2.16. The van der Waals surface area contributed by atoms with Gasteiger partial charge in [-0.2, -0.15) is 0 Å². The molecule has 2 unspecified atom stereocenters. The van der Waals surface area contributed by atoms with Gasteiger partial charge in [-0.15, -0.1) is 0 Å². The van der Waals surface area contributed by atoms with E-state index in [1.54, 1.807) is 6.07 Å². The molecule has 3 heteroatoms. The summed E-state index contributed by atoms with van der Waals surface area (Å²) in [6.45, 7) is 7.38. The molecule has 1 rings (SSSR count). The van der Waals surface area contributed by atoms with Gasteiger partial charge in [0.15, 0.2) is 0 Å². The monoisotopic (exact) mass is 257 g/mol. The van der Waals surface area contributed by atoms with Gasteiger partial charge < -0.3 is 5.32 Å². The Balaban J connectivity index is 2.81. The first-order chi connectivity index (χ1) is 8.08. The normalized spacial score (nSPS) is 14.6. The van der Waals surface area contributed by atoms with Crippen molar-refractivity contribution in [3.05, 3.63) is 34.6 Å². The first kappa shape index (κ1) is 14.5. The van der Waals surface area contributed by atoms with E-state index in [0.29, 0.717) is 17.0 Å². The Hall–Kier alpha value is -0.600. The number of hydrogen-bond donors (Lipinski definition) is 1. The molecule has 0 radical (unpaired) electrons. The summed E-state index contributed by atoms with van der Waals surface area (Å²) in [7, 11) is 0. The zero-order valence-corrected chi connectivity index (χ0v) is 11.5. The van der Waals surface area contributed by atoms with Crippen molar-refractivity contribution >= 4 is 11.6 Å². The van der Waals surface area contributed by atoms with Crippen LogP contribution in [0.25, 0.3) is 0 Å². The van der Waals surface area contributed by atoms with Gasteiger partial charge in [0.2, 0.25) is 0 Å². The van der Waals surface area contributed by atoms with E-state index in [1.165, 1.54) is 12.1 Å². The lowest BCUT2D eigenvalue weighted by atomic mass is 9.93. The molecule has 0 heterocycles. The number of likely N-dealkylation sites (N-methyl/N-ethyl adjacent to an activating group) is 1. The van der Waals surface area contributed by atoms with Crippen LogP contribution in [0, 0.1) is 11.7 Å². The molecule has 0 aliphatic carbocycles. The predicted octanol–water partition coefficient (Wildman–Crippen LogP) is 4.05. The fourth-order valence-corrected chi connectivity index (χ4v) is 2.15. The quantitative estimate of drug-likeness (QED) is 0.811. The zero-order valence-electron chi connectivity index (χ0n) is 10.8. The first-order valence-corrected chi connectivity index (χ1v) is 6.63. The Labute approximate surface area is 108 Å². The number of nitrogens with one attached hydrogen (secondary N) is 1. The van der Waals surface area contributed by atoms with Crippen LogP contribution < -0.4 is 5.32 Å². The second-order valence-electron chi connectivity index (χ2n) is 4.49. The molecule has 0 amide bonds. The molecule has 1 aromatic rings. The SMILES string of the molecule is CCNC(Cc1cc(F)ccc1Cl)C(C)CC. The molecule has 0 saturated heterocycles. The van der Waals surface area contributed by atoms with Crippen LogP contribution >= 0.6 is 11.6 Å². The van der Waals surface area contributed by atoms with Crippen LogP contribution in [0.4, 0.5) is 4.39 Å². The molecule has 1 N–H and O–H groups in total. The summed E-state index contributed by atoms with van der Waals surface area (Å²) in [6.07, 6.45) is 1.88. The molecule has 1 aromatic carbocycles. The third kappa shape index (κ3) is 4.29. The average molecular weight is 258 g/mol. The van der Waals surface area contributed by atoms with Gasteiger partial charge in [-0.25, -0.2) is 4.39 Å². The third-order valence-electron chi connectivity index (χ3n) is 3.24. The summed E-state index contributed by atoms with van der Waals surface area (Å²) in [4.78, 5) is 0. The lowest BCUT2D eigenvalue weighted by Gasteiger charge is -2.24. The lowest BCUT2D eigenvalue weighted by molar-refractivity contribution is 0.370. The first-order valence-electron chi connectivity index (χ1n) is 6.25. The van der Waals surface area contributed by atoms with E-state index in [4.69, 9.17) is 11.6 Å². The maximum absolute atomic E-state index is 13.2. The molecule has 96 valence electrons. The summed E-state index contributed by atoms with van der Waals surface area (Å²) in [6, 6.07) is 4.92. The smallest absolute Gasteiger partial charge is 0.123 e. The predicted molar refractivity (Wildman–Crippen MR) is 72.0 cm³/mol. The van der Waals surface area contributed by atoms with Crippen molar-refractivity contribution in [2.75, 3.05) is 6.54 Å². The van der Waals surface area contributed by atoms with Crippen molar-refractivity contribution < 1.29 is 4.39 Å². The maximum atomic E-state index is 13.2. The second-order valence-corrected chi connectivity index (χ2v) is 4.90. The molecule has 0 fully saturated rings. The lowest BCUT2D eigenvalue weighted by Crippen LogP contribution is -2.36. The molecule has 0 aliphatic rings. The largest absolute Gasteiger partial charge is 0.314 e. The van der Waals surface area contributed by atoms with E-state index in [0.717, 1.165) is 24.9 Å². The van der Waals surface area contributed by atoms with Crippen LogP contribution in [0.5, 0.6) is 0 Å². The Morgan fingerprint density at radius 2 is 2.06 bits per heavy atom. The average Bonchev–Trinajstić information content (AvgIpc) is 2.32. The van der Waals surface area contributed by atoms with Crippen molar-refractivity contribution in [2.24, 2.45) is 5.92 Å². The number of benzene rings is 1. The molecular formula is C14H21ClFN. The second kappa shape index (κ2) is 6.97. The van der Waals surface area contributed by atoms with Gasteiger partial charge in [0, 0.05) is 11.1 Å². The summed E-state index contributed by atoms with van der Waals surface area (Å²) in [5.41, 5.74) is 0.887. The number of halogens is 2. The molecule has 0 spiro atoms. The minimum atomic E-state index is -0.219. The third-order valence-corrected chi connectivity index (χ3v) is 3.61. The number of hydrogen-bond acceptors (Lipinski definition) is 1. The van der Waals surface area contributed by atoms with Gasteiger partial charge in [0.1, 0.15) is 5.82 Å². The van der Waals surface area contributed by atoms with Crippen LogP contribution in [0.2, 0.25) is 5.02 Å². The highest BCUT2D eigenvalue weighted by molar-refractivity contribution is 6.31. The van der Waals surface area contributed by atoms with Crippen molar-refractivity contribution in [3.8, 4) is 0 Å².